The molecule has 0 aliphatic rings. The highest BCUT2D eigenvalue weighted by atomic mass is 16.5. The molecule has 1 N–H and O–H groups in total. The summed E-state index contributed by atoms with van der Waals surface area (Å²) in [6.45, 7) is 7.87. The van der Waals surface area contributed by atoms with Crippen molar-refractivity contribution in [3.63, 3.8) is 0 Å². The monoisotopic (exact) mass is 266 g/mol. The number of hydrogen-bond acceptors (Lipinski definition) is 5. The fourth-order valence-corrected chi connectivity index (χ4v) is 1.85. The van der Waals surface area contributed by atoms with Gasteiger partial charge in [0.25, 0.3) is 0 Å². The fraction of sp³-hybridized carbons (Fsp3) is 0.714. The average Bonchev–Trinajstić information content (AvgIpc) is 2.38. The zero-order valence-corrected chi connectivity index (χ0v) is 12.7. The fourth-order valence-electron chi connectivity index (χ4n) is 1.85. The highest BCUT2D eigenvalue weighted by Crippen LogP contribution is 2.17. The van der Waals surface area contributed by atoms with E-state index in [9.17, 15) is 0 Å². The lowest BCUT2D eigenvalue weighted by Crippen LogP contribution is -2.33. The van der Waals surface area contributed by atoms with Gasteiger partial charge >= 0.3 is 0 Å². The van der Waals surface area contributed by atoms with Crippen LogP contribution in [0.2, 0.25) is 0 Å². The van der Waals surface area contributed by atoms with E-state index in [1.807, 2.05) is 13.1 Å². The van der Waals surface area contributed by atoms with Crippen molar-refractivity contribution in [3.05, 3.63) is 11.9 Å². The van der Waals surface area contributed by atoms with Crippen LogP contribution in [-0.2, 0) is 11.2 Å². The van der Waals surface area contributed by atoms with Gasteiger partial charge in [0.05, 0.1) is 12.6 Å². The number of aryl methyl sites for hydroxylation is 1. The van der Waals surface area contributed by atoms with Crippen LogP contribution in [0.15, 0.2) is 6.07 Å². The van der Waals surface area contributed by atoms with Crippen molar-refractivity contribution in [2.75, 3.05) is 37.5 Å². The van der Waals surface area contributed by atoms with Crippen LogP contribution in [0.4, 0.5) is 11.6 Å². The Hall–Kier alpha value is -1.36. The Morgan fingerprint density at radius 1 is 1.37 bits per heavy atom. The molecule has 19 heavy (non-hydrogen) atoms. The van der Waals surface area contributed by atoms with Gasteiger partial charge in [0.2, 0.25) is 0 Å². The highest BCUT2D eigenvalue weighted by Gasteiger charge is 2.13. The second kappa shape index (κ2) is 7.94. The van der Waals surface area contributed by atoms with E-state index in [1.165, 1.54) is 0 Å². The number of anilines is 2. The van der Waals surface area contributed by atoms with Gasteiger partial charge in [0.15, 0.2) is 0 Å². The number of nitrogens with zero attached hydrogens (tertiary/aromatic N) is 3. The molecule has 0 fully saturated rings. The minimum absolute atomic E-state index is 0.281. The number of aromatic nitrogens is 2. The van der Waals surface area contributed by atoms with Crippen LogP contribution in [0.1, 0.15) is 33.0 Å². The molecular formula is C14H26N4O. The lowest BCUT2D eigenvalue weighted by molar-refractivity contribution is 0.183. The molecule has 0 spiro atoms. The van der Waals surface area contributed by atoms with Crippen LogP contribution in [0.25, 0.3) is 0 Å². The third-order valence-electron chi connectivity index (χ3n) is 3.02. The van der Waals surface area contributed by atoms with Crippen molar-refractivity contribution in [2.45, 2.75) is 39.7 Å². The first kappa shape index (κ1) is 15.7. The summed E-state index contributed by atoms with van der Waals surface area (Å²) in [6.07, 6.45) is 1.95. The van der Waals surface area contributed by atoms with Gasteiger partial charge in [-0.3, -0.25) is 0 Å². The van der Waals surface area contributed by atoms with Gasteiger partial charge in [-0.1, -0.05) is 6.92 Å². The average molecular weight is 266 g/mol. The minimum Gasteiger partial charge on any atom is -0.383 e. The molecular weight excluding hydrogens is 240 g/mol. The molecule has 1 unspecified atom stereocenters. The SMILES string of the molecule is CCCc1nc(NCC)cc(N(C)C(C)COC)n1. The Bertz CT molecular complexity index is 359. The molecule has 1 atom stereocenters. The first-order valence-electron chi connectivity index (χ1n) is 6.95. The Morgan fingerprint density at radius 3 is 2.68 bits per heavy atom. The van der Waals surface area contributed by atoms with Crippen LogP contribution < -0.4 is 10.2 Å². The van der Waals surface area contributed by atoms with E-state index >= 15 is 0 Å². The summed E-state index contributed by atoms with van der Waals surface area (Å²) >= 11 is 0. The summed E-state index contributed by atoms with van der Waals surface area (Å²) < 4.78 is 5.20. The van der Waals surface area contributed by atoms with Gasteiger partial charge < -0.3 is 15.0 Å². The van der Waals surface area contributed by atoms with Gasteiger partial charge in [-0.05, 0) is 20.3 Å². The van der Waals surface area contributed by atoms with E-state index < -0.39 is 0 Å². The number of ether oxygens (including phenoxy) is 1. The molecule has 1 aromatic heterocycles. The molecule has 1 rings (SSSR count). The summed E-state index contributed by atoms with van der Waals surface area (Å²) in [4.78, 5) is 11.3. The third kappa shape index (κ3) is 4.67. The molecule has 1 heterocycles. The van der Waals surface area contributed by atoms with Crippen LogP contribution in [0.5, 0.6) is 0 Å². The molecule has 0 aliphatic carbocycles. The lowest BCUT2D eigenvalue weighted by Gasteiger charge is -2.26. The Kier molecular flexibility index (Phi) is 6.56. The first-order chi connectivity index (χ1) is 9.12. The van der Waals surface area contributed by atoms with Crippen molar-refractivity contribution < 1.29 is 4.74 Å². The molecule has 0 bridgehead atoms. The number of nitrogens with one attached hydrogen (secondary N) is 1. The van der Waals surface area contributed by atoms with Crippen molar-refractivity contribution in [1.29, 1.82) is 0 Å². The van der Waals surface area contributed by atoms with Gasteiger partial charge in [0, 0.05) is 33.2 Å². The summed E-state index contributed by atoms with van der Waals surface area (Å²) in [5.41, 5.74) is 0. The molecule has 0 aliphatic heterocycles. The second-order valence-corrected chi connectivity index (χ2v) is 4.72. The topological polar surface area (TPSA) is 50.3 Å². The van der Waals surface area contributed by atoms with Crippen LogP contribution >= 0.6 is 0 Å². The summed E-state index contributed by atoms with van der Waals surface area (Å²) in [5.74, 6) is 2.73. The number of rotatable bonds is 8. The Morgan fingerprint density at radius 2 is 2.11 bits per heavy atom. The van der Waals surface area contributed by atoms with E-state index in [1.54, 1.807) is 7.11 Å². The number of hydrogen-bond donors (Lipinski definition) is 1. The van der Waals surface area contributed by atoms with Crippen molar-refractivity contribution in [3.8, 4) is 0 Å². The van der Waals surface area contributed by atoms with E-state index in [0.29, 0.717) is 6.61 Å². The molecule has 0 saturated heterocycles. The highest BCUT2D eigenvalue weighted by molar-refractivity contribution is 5.49. The molecule has 0 aromatic carbocycles. The zero-order chi connectivity index (χ0) is 14.3. The van der Waals surface area contributed by atoms with Crippen LogP contribution in [0, 0.1) is 0 Å². The van der Waals surface area contributed by atoms with Crippen LogP contribution in [-0.4, -0.2) is 43.3 Å². The maximum Gasteiger partial charge on any atom is 0.134 e. The van der Waals surface area contributed by atoms with Crippen molar-refractivity contribution >= 4 is 11.6 Å². The second-order valence-electron chi connectivity index (χ2n) is 4.72. The van der Waals surface area contributed by atoms with E-state index in [2.05, 4.69) is 41.0 Å². The molecule has 0 amide bonds. The molecule has 5 heteroatoms. The Labute approximate surface area is 116 Å². The molecule has 5 nitrogen and oxygen atoms in total. The summed E-state index contributed by atoms with van der Waals surface area (Å²) in [7, 11) is 3.76. The summed E-state index contributed by atoms with van der Waals surface area (Å²) in [6, 6.07) is 2.28. The predicted octanol–water partition coefficient (Wildman–Crippen LogP) is 2.33. The Balaban J connectivity index is 2.96. The molecule has 1 aromatic rings. The van der Waals surface area contributed by atoms with Gasteiger partial charge in [-0.2, -0.15) is 0 Å². The molecule has 108 valence electrons. The van der Waals surface area contributed by atoms with E-state index in [-0.39, 0.29) is 6.04 Å². The largest absolute Gasteiger partial charge is 0.383 e. The summed E-state index contributed by atoms with van der Waals surface area (Å²) in [5, 5.41) is 3.26. The lowest BCUT2D eigenvalue weighted by atomic mass is 10.3. The third-order valence-corrected chi connectivity index (χ3v) is 3.02. The minimum atomic E-state index is 0.281. The predicted molar refractivity (Wildman–Crippen MR) is 79.9 cm³/mol. The standard InChI is InChI=1S/C14H26N4O/c1-6-8-12-16-13(15-7-2)9-14(17-12)18(4)11(3)10-19-5/h9,11H,6-8,10H2,1-5H3,(H,15,16,17). The normalized spacial score (nSPS) is 12.3. The van der Waals surface area contributed by atoms with Gasteiger partial charge in [-0.25, -0.2) is 9.97 Å². The zero-order valence-electron chi connectivity index (χ0n) is 12.7. The molecule has 0 radical (unpaired) electrons. The first-order valence-corrected chi connectivity index (χ1v) is 6.95. The maximum absolute atomic E-state index is 5.20. The number of methoxy groups -OCH3 is 1. The number of likely N-dealkylation sites (N-methyl/N-ethyl adjacent to an activating group) is 1. The maximum atomic E-state index is 5.20. The van der Waals surface area contributed by atoms with Crippen molar-refractivity contribution in [2.24, 2.45) is 0 Å². The van der Waals surface area contributed by atoms with Gasteiger partial charge in [0.1, 0.15) is 17.5 Å². The van der Waals surface area contributed by atoms with Gasteiger partial charge in [-0.15, -0.1) is 0 Å². The smallest absolute Gasteiger partial charge is 0.134 e. The van der Waals surface area contributed by atoms with E-state index in [0.717, 1.165) is 36.8 Å². The quantitative estimate of drug-likeness (QED) is 0.782. The molecule has 0 saturated carbocycles. The van der Waals surface area contributed by atoms with Crippen LogP contribution in [0.3, 0.4) is 0 Å². The van der Waals surface area contributed by atoms with E-state index in [4.69, 9.17) is 4.74 Å². The van der Waals surface area contributed by atoms with Crippen molar-refractivity contribution in [1.82, 2.24) is 9.97 Å².